The average Bonchev–Trinajstić information content (AvgIpc) is 2.50. The number of carboxylic acids is 1. The van der Waals surface area contributed by atoms with Gasteiger partial charge in [-0.2, -0.15) is 22.0 Å². The van der Waals surface area contributed by atoms with Crippen LogP contribution in [0.25, 0.3) is 0 Å². The fraction of sp³-hybridized carbons (Fsp3) is 0.857. The molecule has 8 heteroatoms. The van der Waals surface area contributed by atoms with E-state index in [4.69, 9.17) is 5.11 Å². The molecule has 0 aromatic heterocycles. The Kier molecular flexibility index (Phi) is 2.67. The van der Waals surface area contributed by atoms with E-state index in [1.807, 2.05) is 0 Å². The van der Waals surface area contributed by atoms with Crippen LogP contribution >= 0.6 is 0 Å². The molecular formula is C7H8F5NO2. The van der Waals surface area contributed by atoms with Gasteiger partial charge >= 0.3 is 18.1 Å². The van der Waals surface area contributed by atoms with Gasteiger partial charge in [-0.05, 0) is 19.4 Å². The van der Waals surface area contributed by atoms with Crippen LogP contribution in [0.15, 0.2) is 0 Å². The molecule has 1 aliphatic heterocycles. The molecule has 1 rings (SSSR count). The van der Waals surface area contributed by atoms with Gasteiger partial charge in [-0.3, -0.25) is 5.32 Å². The lowest BCUT2D eigenvalue weighted by atomic mass is 9.89. The van der Waals surface area contributed by atoms with Crippen molar-refractivity contribution in [3.8, 4) is 0 Å². The molecule has 1 fully saturated rings. The van der Waals surface area contributed by atoms with Crippen LogP contribution in [0.3, 0.4) is 0 Å². The highest BCUT2D eigenvalue weighted by atomic mass is 19.4. The number of nitrogens with one attached hydrogen (secondary N) is 1. The second kappa shape index (κ2) is 3.29. The van der Waals surface area contributed by atoms with Crippen LogP contribution in [0.2, 0.25) is 0 Å². The average molecular weight is 233 g/mol. The molecule has 0 bridgehead atoms. The van der Waals surface area contributed by atoms with Gasteiger partial charge in [0.1, 0.15) is 0 Å². The maximum atomic E-state index is 13.0. The number of alkyl halides is 5. The molecule has 15 heavy (non-hydrogen) atoms. The van der Waals surface area contributed by atoms with Crippen molar-refractivity contribution >= 4 is 5.97 Å². The van der Waals surface area contributed by atoms with E-state index in [-0.39, 0.29) is 13.0 Å². The van der Waals surface area contributed by atoms with E-state index in [0.29, 0.717) is 0 Å². The van der Waals surface area contributed by atoms with Crippen molar-refractivity contribution in [3.63, 3.8) is 0 Å². The molecule has 3 nitrogen and oxygen atoms in total. The number of aliphatic carboxylic acids is 1. The van der Waals surface area contributed by atoms with E-state index < -0.39 is 30.0 Å². The zero-order valence-electron chi connectivity index (χ0n) is 7.37. The molecule has 0 amide bonds. The standard InChI is InChI=1S/C7H8F5NO2/c8-6(9,7(10,11)12)5(4(14)15)2-1-3-13-5/h13H,1-3H2,(H,14,15). The molecule has 1 heterocycles. The summed E-state index contributed by atoms with van der Waals surface area (Å²) in [6, 6.07) is 0. The first kappa shape index (κ1) is 12.2. The van der Waals surface area contributed by atoms with Crippen molar-refractivity contribution in [2.75, 3.05) is 6.54 Å². The Bertz CT molecular complexity index is 269. The van der Waals surface area contributed by atoms with E-state index in [2.05, 4.69) is 0 Å². The van der Waals surface area contributed by atoms with Crippen molar-refractivity contribution in [1.82, 2.24) is 5.32 Å². The molecule has 0 spiro atoms. The van der Waals surface area contributed by atoms with Gasteiger partial charge < -0.3 is 5.11 Å². The van der Waals surface area contributed by atoms with Crippen molar-refractivity contribution in [1.29, 1.82) is 0 Å². The Morgan fingerprint density at radius 3 is 2.07 bits per heavy atom. The number of rotatable bonds is 2. The molecule has 1 atom stereocenters. The van der Waals surface area contributed by atoms with E-state index in [1.165, 1.54) is 0 Å². The van der Waals surface area contributed by atoms with Crippen LogP contribution < -0.4 is 5.32 Å². The summed E-state index contributed by atoms with van der Waals surface area (Å²) in [5.41, 5.74) is -3.22. The van der Waals surface area contributed by atoms with Gasteiger partial charge in [0.05, 0.1) is 0 Å². The molecule has 0 aromatic carbocycles. The van der Waals surface area contributed by atoms with E-state index >= 15 is 0 Å². The third-order valence-corrected chi connectivity index (χ3v) is 2.41. The Labute approximate surface area is 81.3 Å². The molecule has 0 radical (unpaired) electrons. The molecular weight excluding hydrogens is 225 g/mol. The third kappa shape index (κ3) is 1.56. The lowest BCUT2D eigenvalue weighted by Gasteiger charge is -2.34. The first-order valence-electron chi connectivity index (χ1n) is 4.08. The highest BCUT2D eigenvalue weighted by Crippen LogP contribution is 2.47. The first-order chi connectivity index (χ1) is 6.65. The topological polar surface area (TPSA) is 49.3 Å². The summed E-state index contributed by atoms with van der Waals surface area (Å²) in [5, 5.41) is 10.3. The number of hydrogen-bond donors (Lipinski definition) is 2. The van der Waals surface area contributed by atoms with Crippen LogP contribution in [0.4, 0.5) is 22.0 Å². The Balaban J connectivity index is 3.15. The predicted molar refractivity (Wildman–Crippen MR) is 38.6 cm³/mol. The normalized spacial score (nSPS) is 28.1. The lowest BCUT2D eigenvalue weighted by molar-refractivity contribution is -0.307. The van der Waals surface area contributed by atoms with Gasteiger partial charge in [-0.1, -0.05) is 0 Å². The van der Waals surface area contributed by atoms with Crippen molar-refractivity contribution in [3.05, 3.63) is 0 Å². The number of halogens is 5. The number of hydrogen-bond acceptors (Lipinski definition) is 2. The zero-order valence-corrected chi connectivity index (χ0v) is 7.37. The molecule has 0 saturated carbocycles. The maximum absolute atomic E-state index is 13.0. The molecule has 0 aliphatic carbocycles. The quantitative estimate of drug-likeness (QED) is 0.708. The van der Waals surface area contributed by atoms with Crippen LogP contribution in [0.5, 0.6) is 0 Å². The molecule has 1 saturated heterocycles. The van der Waals surface area contributed by atoms with Crippen molar-refractivity contribution in [2.45, 2.75) is 30.5 Å². The summed E-state index contributed by atoms with van der Waals surface area (Å²) < 4.78 is 62.1. The summed E-state index contributed by atoms with van der Waals surface area (Å²) in [5.74, 6) is -7.45. The number of carboxylic acid groups (broad SMARTS) is 1. The largest absolute Gasteiger partial charge is 0.480 e. The van der Waals surface area contributed by atoms with Crippen LogP contribution in [-0.4, -0.2) is 35.3 Å². The minimum Gasteiger partial charge on any atom is -0.480 e. The molecule has 1 aliphatic rings. The summed E-state index contributed by atoms with van der Waals surface area (Å²) >= 11 is 0. The van der Waals surface area contributed by atoms with E-state index in [1.54, 1.807) is 5.32 Å². The summed E-state index contributed by atoms with van der Waals surface area (Å²) in [6.45, 7) is -0.169. The van der Waals surface area contributed by atoms with Gasteiger partial charge in [0.25, 0.3) is 0 Å². The second-order valence-corrected chi connectivity index (χ2v) is 3.31. The van der Waals surface area contributed by atoms with Gasteiger partial charge in [0.15, 0.2) is 5.54 Å². The minimum atomic E-state index is -5.87. The fourth-order valence-corrected chi connectivity index (χ4v) is 1.57. The predicted octanol–water partition coefficient (Wildman–Crippen LogP) is 1.39. The Hall–Kier alpha value is -0.920. The van der Waals surface area contributed by atoms with Crippen molar-refractivity contribution < 1.29 is 31.9 Å². The highest BCUT2D eigenvalue weighted by molar-refractivity contribution is 5.81. The van der Waals surface area contributed by atoms with Gasteiger partial charge in [-0.15, -0.1) is 0 Å². The van der Waals surface area contributed by atoms with Crippen LogP contribution in [-0.2, 0) is 4.79 Å². The van der Waals surface area contributed by atoms with Gasteiger partial charge in [0, 0.05) is 0 Å². The molecule has 0 aromatic rings. The zero-order chi connectivity index (χ0) is 11.9. The maximum Gasteiger partial charge on any atom is 0.455 e. The SMILES string of the molecule is O=C(O)C1(C(F)(F)C(F)(F)F)CCCN1. The molecule has 88 valence electrons. The van der Waals surface area contributed by atoms with E-state index in [0.717, 1.165) is 0 Å². The van der Waals surface area contributed by atoms with Crippen LogP contribution in [0.1, 0.15) is 12.8 Å². The summed E-state index contributed by atoms with van der Waals surface area (Å²) in [6.07, 6.45) is -6.64. The van der Waals surface area contributed by atoms with Gasteiger partial charge in [0.2, 0.25) is 0 Å². The van der Waals surface area contributed by atoms with Crippen LogP contribution in [0, 0.1) is 0 Å². The minimum absolute atomic E-state index is 0.0298. The lowest BCUT2D eigenvalue weighted by Crippen LogP contribution is -2.66. The fourth-order valence-electron chi connectivity index (χ4n) is 1.57. The summed E-state index contributed by atoms with van der Waals surface area (Å²) in [7, 11) is 0. The highest BCUT2D eigenvalue weighted by Gasteiger charge is 2.74. The third-order valence-electron chi connectivity index (χ3n) is 2.41. The van der Waals surface area contributed by atoms with Crippen molar-refractivity contribution in [2.24, 2.45) is 0 Å². The Morgan fingerprint density at radius 1 is 1.27 bits per heavy atom. The van der Waals surface area contributed by atoms with E-state index in [9.17, 15) is 26.7 Å². The monoisotopic (exact) mass is 233 g/mol. The summed E-state index contributed by atoms with van der Waals surface area (Å²) in [4.78, 5) is 10.6. The van der Waals surface area contributed by atoms with Gasteiger partial charge in [-0.25, -0.2) is 4.79 Å². The Morgan fingerprint density at radius 2 is 1.80 bits per heavy atom. The molecule has 1 unspecified atom stereocenters. The second-order valence-electron chi connectivity index (χ2n) is 3.31. The number of carbonyl (C=O) groups is 1. The first-order valence-corrected chi connectivity index (χ1v) is 4.08. The molecule has 2 N–H and O–H groups in total. The smallest absolute Gasteiger partial charge is 0.455 e.